The van der Waals surface area contributed by atoms with Gasteiger partial charge in [0.05, 0.1) is 6.61 Å². The maximum absolute atomic E-state index is 12.0. The van der Waals surface area contributed by atoms with Crippen LogP contribution in [0.25, 0.3) is 22.3 Å². The van der Waals surface area contributed by atoms with Crippen LogP contribution in [-0.4, -0.2) is 28.0 Å². The molecule has 0 unspecified atom stereocenters. The molecule has 0 saturated carbocycles. The summed E-state index contributed by atoms with van der Waals surface area (Å²) in [4.78, 5) is 24.7. The van der Waals surface area contributed by atoms with E-state index in [1.54, 1.807) is 25.4 Å². The van der Waals surface area contributed by atoms with Crippen LogP contribution < -0.4 is 11.1 Å². The molecule has 4 N–H and O–H groups in total. The van der Waals surface area contributed by atoms with Crippen molar-refractivity contribution in [3.63, 3.8) is 0 Å². The molecule has 7 heteroatoms. The molecule has 0 bridgehead atoms. The van der Waals surface area contributed by atoms with Crippen molar-refractivity contribution in [2.45, 2.75) is 20.1 Å². The molecule has 1 amide bonds. The normalized spacial score (nSPS) is 11.0. The van der Waals surface area contributed by atoms with Crippen molar-refractivity contribution >= 4 is 22.6 Å². The number of hydrogen-bond acceptors (Lipinski definition) is 5. The Kier molecular flexibility index (Phi) is 5.45. The number of primary amides is 1. The number of rotatable bonds is 7. The van der Waals surface area contributed by atoms with Gasteiger partial charge < -0.3 is 20.8 Å². The summed E-state index contributed by atoms with van der Waals surface area (Å²) >= 11 is 0. The molecule has 152 valence electrons. The number of fused-ring (bicyclic) bond motifs is 1. The third kappa shape index (κ3) is 3.75. The average molecular weight is 401 g/mol. The van der Waals surface area contributed by atoms with Gasteiger partial charge in [-0.25, -0.2) is 9.97 Å². The van der Waals surface area contributed by atoms with Crippen LogP contribution in [0.4, 0.5) is 5.82 Å². The second-order valence-electron chi connectivity index (χ2n) is 7.06. The quantitative estimate of drug-likeness (QED) is 0.437. The van der Waals surface area contributed by atoms with Crippen molar-refractivity contribution in [1.82, 2.24) is 15.0 Å². The molecule has 2 aromatic heterocycles. The smallest absolute Gasteiger partial charge is 0.249 e. The van der Waals surface area contributed by atoms with Gasteiger partial charge in [-0.1, -0.05) is 36.4 Å². The number of H-pyrrole nitrogens is 1. The lowest BCUT2D eigenvalue weighted by Crippen LogP contribution is -2.11. The molecule has 0 radical (unpaired) electrons. The summed E-state index contributed by atoms with van der Waals surface area (Å²) in [6.45, 7) is 2.94. The highest BCUT2D eigenvalue weighted by molar-refractivity contribution is 6.11. The Hall–Kier alpha value is -3.71. The Morgan fingerprint density at radius 1 is 1.17 bits per heavy atom. The van der Waals surface area contributed by atoms with Crippen molar-refractivity contribution in [3.8, 4) is 11.4 Å². The molecule has 0 aliphatic carbocycles. The van der Waals surface area contributed by atoms with Gasteiger partial charge in [0.2, 0.25) is 5.91 Å². The monoisotopic (exact) mass is 401 g/mol. The molecular formula is C23H23N5O2. The number of benzene rings is 2. The predicted molar refractivity (Wildman–Crippen MR) is 117 cm³/mol. The minimum Gasteiger partial charge on any atom is -0.380 e. The number of anilines is 1. The second-order valence-corrected chi connectivity index (χ2v) is 7.06. The number of aromatic nitrogens is 3. The van der Waals surface area contributed by atoms with E-state index in [0.29, 0.717) is 30.4 Å². The topological polar surface area (TPSA) is 106 Å². The molecule has 2 aromatic carbocycles. The molecule has 0 spiro atoms. The Bertz CT molecular complexity index is 1200. The van der Waals surface area contributed by atoms with E-state index < -0.39 is 5.91 Å². The second kappa shape index (κ2) is 8.34. The number of methoxy groups -OCH3 is 1. The number of amides is 1. The third-order valence-electron chi connectivity index (χ3n) is 4.97. The lowest BCUT2D eigenvalue weighted by atomic mass is 10.0. The number of nitrogens with one attached hydrogen (secondary N) is 2. The molecule has 0 fully saturated rings. The SMILES string of the molecule is COCc1cnc(-c2c(C)[nH]c3cccc(C(N)=O)c23)nc1NCc1ccccc1. The highest BCUT2D eigenvalue weighted by Crippen LogP contribution is 2.33. The molecule has 4 rings (SSSR count). The van der Waals surface area contributed by atoms with Crippen LogP contribution in [0.2, 0.25) is 0 Å². The van der Waals surface area contributed by atoms with Gasteiger partial charge in [0.15, 0.2) is 5.82 Å². The summed E-state index contributed by atoms with van der Waals surface area (Å²) in [6, 6.07) is 15.5. The number of carbonyl (C=O) groups excluding carboxylic acids is 1. The first kappa shape index (κ1) is 19.6. The van der Waals surface area contributed by atoms with Crippen molar-refractivity contribution in [2.75, 3.05) is 12.4 Å². The Balaban J connectivity index is 1.80. The fourth-order valence-corrected chi connectivity index (χ4v) is 3.59. The molecule has 2 heterocycles. The maximum atomic E-state index is 12.0. The Labute approximate surface area is 174 Å². The van der Waals surface area contributed by atoms with Gasteiger partial charge in [-0.05, 0) is 24.6 Å². The highest BCUT2D eigenvalue weighted by atomic mass is 16.5. The van der Waals surface area contributed by atoms with Gasteiger partial charge in [0.25, 0.3) is 0 Å². The number of hydrogen-bond donors (Lipinski definition) is 3. The summed E-state index contributed by atoms with van der Waals surface area (Å²) in [5.41, 5.74) is 10.5. The van der Waals surface area contributed by atoms with Gasteiger partial charge in [-0.2, -0.15) is 0 Å². The van der Waals surface area contributed by atoms with E-state index >= 15 is 0 Å². The summed E-state index contributed by atoms with van der Waals surface area (Å²) in [7, 11) is 1.64. The van der Waals surface area contributed by atoms with E-state index in [1.807, 2.05) is 43.3 Å². The minimum atomic E-state index is -0.487. The highest BCUT2D eigenvalue weighted by Gasteiger charge is 2.19. The fraction of sp³-hybridized carbons (Fsp3) is 0.174. The predicted octanol–water partition coefficient (Wildman–Crippen LogP) is 3.79. The van der Waals surface area contributed by atoms with E-state index in [0.717, 1.165) is 33.3 Å². The summed E-state index contributed by atoms with van der Waals surface area (Å²) in [6.07, 6.45) is 1.75. The summed E-state index contributed by atoms with van der Waals surface area (Å²) in [5.74, 6) is 0.721. The number of nitrogens with two attached hydrogens (primary N) is 1. The van der Waals surface area contributed by atoms with Gasteiger partial charge in [-0.15, -0.1) is 0 Å². The molecule has 0 aliphatic rings. The fourth-order valence-electron chi connectivity index (χ4n) is 3.59. The van der Waals surface area contributed by atoms with E-state index in [-0.39, 0.29) is 0 Å². The van der Waals surface area contributed by atoms with E-state index in [4.69, 9.17) is 15.5 Å². The Morgan fingerprint density at radius 2 is 1.97 bits per heavy atom. The molecule has 4 aromatic rings. The Morgan fingerprint density at radius 3 is 2.70 bits per heavy atom. The van der Waals surface area contributed by atoms with Crippen LogP contribution in [0.1, 0.15) is 27.2 Å². The molecular weight excluding hydrogens is 378 g/mol. The maximum Gasteiger partial charge on any atom is 0.249 e. The van der Waals surface area contributed by atoms with E-state index in [9.17, 15) is 4.79 Å². The first-order valence-electron chi connectivity index (χ1n) is 9.62. The first-order chi connectivity index (χ1) is 14.6. The number of ether oxygens (including phenoxy) is 1. The number of carbonyl (C=O) groups is 1. The van der Waals surface area contributed by atoms with Crippen LogP contribution in [-0.2, 0) is 17.9 Å². The van der Waals surface area contributed by atoms with E-state index in [1.165, 1.54) is 0 Å². The molecule has 7 nitrogen and oxygen atoms in total. The molecule has 30 heavy (non-hydrogen) atoms. The summed E-state index contributed by atoms with van der Waals surface area (Å²) < 4.78 is 5.31. The molecule has 0 atom stereocenters. The number of nitrogens with zero attached hydrogens (tertiary/aromatic N) is 2. The average Bonchev–Trinajstić information content (AvgIpc) is 3.09. The van der Waals surface area contributed by atoms with Crippen molar-refractivity contribution < 1.29 is 9.53 Å². The van der Waals surface area contributed by atoms with Crippen molar-refractivity contribution in [1.29, 1.82) is 0 Å². The van der Waals surface area contributed by atoms with Gasteiger partial charge in [0, 0.05) is 53.1 Å². The van der Waals surface area contributed by atoms with Crippen LogP contribution in [0.5, 0.6) is 0 Å². The van der Waals surface area contributed by atoms with Gasteiger partial charge in [-0.3, -0.25) is 4.79 Å². The van der Waals surface area contributed by atoms with Crippen LogP contribution in [0.3, 0.4) is 0 Å². The zero-order valence-corrected chi connectivity index (χ0v) is 16.9. The molecule has 0 saturated heterocycles. The number of aryl methyl sites for hydroxylation is 1. The zero-order valence-electron chi connectivity index (χ0n) is 16.9. The summed E-state index contributed by atoms with van der Waals surface area (Å²) in [5, 5.41) is 4.12. The standard InChI is InChI=1S/C23H23N5O2/c1-14-19(20-17(21(24)29)9-6-10-18(20)27-14)23-26-12-16(13-30-2)22(28-23)25-11-15-7-4-3-5-8-15/h3-10,12,27H,11,13H2,1-2H3,(H2,24,29)(H,25,26,28). The lowest BCUT2D eigenvalue weighted by molar-refractivity contribution is 0.100. The zero-order chi connectivity index (χ0) is 21.1. The van der Waals surface area contributed by atoms with E-state index in [2.05, 4.69) is 15.3 Å². The molecule has 0 aliphatic heterocycles. The minimum absolute atomic E-state index is 0.386. The van der Waals surface area contributed by atoms with Gasteiger partial charge in [0.1, 0.15) is 5.82 Å². The van der Waals surface area contributed by atoms with Gasteiger partial charge >= 0.3 is 0 Å². The van der Waals surface area contributed by atoms with Crippen LogP contribution in [0.15, 0.2) is 54.7 Å². The van der Waals surface area contributed by atoms with Crippen LogP contribution >= 0.6 is 0 Å². The third-order valence-corrected chi connectivity index (χ3v) is 4.97. The lowest BCUT2D eigenvalue weighted by Gasteiger charge is -2.12. The largest absolute Gasteiger partial charge is 0.380 e. The van der Waals surface area contributed by atoms with Crippen LogP contribution in [0, 0.1) is 6.92 Å². The van der Waals surface area contributed by atoms with Crippen molar-refractivity contribution in [2.24, 2.45) is 5.73 Å². The first-order valence-corrected chi connectivity index (χ1v) is 9.62. The number of aromatic amines is 1. The van der Waals surface area contributed by atoms with Crippen molar-refractivity contribution in [3.05, 3.63) is 77.1 Å².